The van der Waals surface area contributed by atoms with Crippen LogP contribution < -0.4 is 0 Å². The number of nitrogens with zero attached hydrogens (tertiary/aromatic N) is 1. The van der Waals surface area contributed by atoms with Gasteiger partial charge in [-0.2, -0.15) is 0 Å². The van der Waals surface area contributed by atoms with E-state index in [-0.39, 0.29) is 35.7 Å². The van der Waals surface area contributed by atoms with Gasteiger partial charge in [0.2, 0.25) is 0 Å². The zero-order valence-electron chi connectivity index (χ0n) is 14.9. The molecule has 0 N–H and O–H groups in total. The van der Waals surface area contributed by atoms with Crippen LogP contribution in [-0.4, -0.2) is 34.6 Å². The summed E-state index contributed by atoms with van der Waals surface area (Å²) in [7, 11) is 0. The third kappa shape index (κ3) is 3.01. The summed E-state index contributed by atoms with van der Waals surface area (Å²) in [5.74, 6) is -1.53. The lowest BCUT2D eigenvalue weighted by molar-refractivity contribution is -0.550. The second kappa shape index (κ2) is 6.75. The molecule has 0 bridgehead atoms. The maximum Gasteiger partial charge on any atom is 0.384 e. The van der Waals surface area contributed by atoms with E-state index in [4.69, 9.17) is 4.74 Å². The van der Waals surface area contributed by atoms with Gasteiger partial charge in [0, 0.05) is 34.1 Å². The highest BCUT2D eigenvalue weighted by Crippen LogP contribution is 2.29. The van der Waals surface area contributed by atoms with Gasteiger partial charge in [0.05, 0.1) is 13.0 Å². The normalized spacial score (nSPS) is 14.7. The number of ether oxygens (including phenoxy) is 1. The third-order valence-corrected chi connectivity index (χ3v) is 4.66. The molecule has 1 unspecified atom stereocenters. The van der Waals surface area contributed by atoms with Gasteiger partial charge in [0.1, 0.15) is 0 Å². The van der Waals surface area contributed by atoms with Gasteiger partial charge in [-0.1, -0.05) is 36.4 Å². The van der Waals surface area contributed by atoms with Crippen molar-refractivity contribution < 1.29 is 24.0 Å². The fourth-order valence-corrected chi connectivity index (χ4v) is 3.15. The van der Waals surface area contributed by atoms with Crippen molar-refractivity contribution in [3.63, 3.8) is 0 Å². The molecule has 0 aromatic heterocycles. The number of rotatable bonds is 5. The number of hydrogen-bond donors (Lipinski definition) is 0. The van der Waals surface area contributed by atoms with E-state index in [9.17, 15) is 24.5 Å². The first-order chi connectivity index (χ1) is 12.8. The quantitative estimate of drug-likeness (QED) is 0.390. The number of carbonyl (C=O) groups is 3. The Morgan fingerprint density at radius 2 is 1.59 bits per heavy atom. The van der Waals surface area contributed by atoms with Gasteiger partial charge >= 0.3 is 11.5 Å². The van der Waals surface area contributed by atoms with Crippen molar-refractivity contribution in [3.05, 3.63) is 80.4 Å². The Morgan fingerprint density at radius 1 is 1.04 bits per heavy atom. The van der Waals surface area contributed by atoms with Crippen molar-refractivity contribution >= 4 is 17.5 Å². The van der Waals surface area contributed by atoms with Gasteiger partial charge in [-0.05, 0) is 18.6 Å². The highest BCUT2D eigenvalue weighted by atomic mass is 16.6. The second-order valence-electron chi connectivity index (χ2n) is 6.51. The molecule has 0 radical (unpaired) electrons. The molecule has 0 fully saturated rings. The standard InChI is InChI=1S/C20H17NO6/c1-3-27-19(24)20(2,21(25)26)11-12-8-9-15-16(10-12)18(23)14-7-5-4-6-13(14)17(15)22/h4-10H,3,11H2,1-2H3. The second-order valence-corrected chi connectivity index (χ2v) is 6.51. The molecule has 3 rings (SSSR count). The van der Waals surface area contributed by atoms with E-state index < -0.39 is 16.4 Å². The van der Waals surface area contributed by atoms with Crippen molar-refractivity contribution in [2.75, 3.05) is 6.61 Å². The lowest BCUT2D eigenvalue weighted by Crippen LogP contribution is -2.46. The summed E-state index contributed by atoms with van der Waals surface area (Å²) in [6.07, 6.45) is -0.255. The lowest BCUT2D eigenvalue weighted by atomic mass is 9.82. The van der Waals surface area contributed by atoms with Crippen LogP contribution in [0.25, 0.3) is 0 Å². The largest absolute Gasteiger partial charge is 0.461 e. The average Bonchev–Trinajstić information content (AvgIpc) is 2.66. The molecule has 2 aromatic rings. The van der Waals surface area contributed by atoms with Gasteiger partial charge in [0.15, 0.2) is 11.6 Å². The third-order valence-electron chi connectivity index (χ3n) is 4.66. The molecule has 7 nitrogen and oxygen atoms in total. The molecule has 0 aliphatic heterocycles. The summed E-state index contributed by atoms with van der Waals surface area (Å²) in [4.78, 5) is 48.3. The van der Waals surface area contributed by atoms with Gasteiger partial charge in [0.25, 0.3) is 0 Å². The number of esters is 1. The minimum Gasteiger partial charge on any atom is -0.461 e. The zero-order chi connectivity index (χ0) is 19.8. The Morgan fingerprint density at radius 3 is 2.15 bits per heavy atom. The number of ketones is 2. The van der Waals surface area contributed by atoms with Crippen molar-refractivity contribution in [2.45, 2.75) is 25.8 Å². The number of nitro groups is 1. The van der Waals surface area contributed by atoms with E-state index in [0.717, 1.165) is 0 Å². The van der Waals surface area contributed by atoms with Gasteiger partial charge in [-0.15, -0.1) is 0 Å². The highest BCUT2D eigenvalue weighted by molar-refractivity contribution is 6.28. The van der Waals surface area contributed by atoms with Gasteiger partial charge < -0.3 is 4.74 Å². The molecule has 1 aliphatic carbocycles. The molecule has 1 atom stereocenters. The highest BCUT2D eigenvalue weighted by Gasteiger charge is 2.48. The van der Waals surface area contributed by atoms with E-state index in [1.165, 1.54) is 25.1 Å². The predicted molar refractivity (Wildman–Crippen MR) is 95.5 cm³/mol. The first kappa shape index (κ1) is 18.4. The Hall–Kier alpha value is -3.35. The molecule has 0 amide bonds. The van der Waals surface area contributed by atoms with Gasteiger partial charge in [-0.3, -0.25) is 19.7 Å². The summed E-state index contributed by atoms with van der Waals surface area (Å²) in [6, 6.07) is 11.0. The van der Waals surface area contributed by atoms with Crippen LogP contribution in [0, 0.1) is 10.1 Å². The smallest absolute Gasteiger partial charge is 0.384 e. The molecule has 1 aliphatic rings. The summed E-state index contributed by atoms with van der Waals surface area (Å²) >= 11 is 0. The molecule has 138 valence electrons. The summed E-state index contributed by atoms with van der Waals surface area (Å²) in [5.41, 5.74) is -0.503. The minimum atomic E-state index is -1.98. The van der Waals surface area contributed by atoms with E-state index in [0.29, 0.717) is 16.7 Å². The van der Waals surface area contributed by atoms with E-state index in [1.807, 2.05) is 0 Å². The molecule has 0 spiro atoms. The van der Waals surface area contributed by atoms with Crippen LogP contribution in [0.4, 0.5) is 0 Å². The molecule has 0 saturated heterocycles. The van der Waals surface area contributed by atoms with Gasteiger partial charge in [-0.25, -0.2) is 4.79 Å². The Bertz CT molecular complexity index is 980. The Labute approximate surface area is 155 Å². The molecule has 7 heteroatoms. The Kier molecular flexibility index (Phi) is 4.61. The lowest BCUT2D eigenvalue weighted by Gasteiger charge is -2.21. The fourth-order valence-electron chi connectivity index (χ4n) is 3.15. The van der Waals surface area contributed by atoms with Crippen molar-refractivity contribution in [2.24, 2.45) is 0 Å². The summed E-state index contributed by atoms with van der Waals surface area (Å²) in [5, 5.41) is 11.5. The van der Waals surface area contributed by atoms with Crippen LogP contribution in [0.1, 0.15) is 51.3 Å². The number of fused-ring (bicyclic) bond motifs is 2. The fraction of sp³-hybridized carbons (Fsp3) is 0.250. The molecule has 27 heavy (non-hydrogen) atoms. The van der Waals surface area contributed by atoms with Crippen LogP contribution in [0.2, 0.25) is 0 Å². The average molecular weight is 367 g/mol. The zero-order valence-corrected chi connectivity index (χ0v) is 14.9. The van der Waals surface area contributed by atoms with Crippen LogP contribution in [0.5, 0.6) is 0 Å². The number of carbonyl (C=O) groups excluding carboxylic acids is 3. The number of hydrogen-bond acceptors (Lipinski definition) is 6. The van der Waals surface area contributed by atoms with Crippen LogP contribution in [-0.2, 0) is 16.0 Å². The van der Waals surface area contributed by atoms with Crippen molar-refractivity contribution in [3.8, 4) is 0 Å². The first-order valence-corrected chi connectivity index (χ1v) is 8.42. The minimum absolute atomic E-state index is 0.0240. The first-order valence-electron chi connectivity index (χ1n) is 8.42. The van der Waals surface area contributed by atoms with Crippen molar-refractivity contribution in [1.29, 1.82) is 0 Å². The molecule has 0 saturated carbocycles. The van der Waals surface area contributed by atoms with E-state index >= 15 is 0 Å². The summed E-state index contributed by atoms with van der Waals surface area (Å²) < 4.78 is 4.84. The number of benzene rings is 2. The van der Waals surface area contributed by atoms with Crippen LogP contribution in [0.3, 0.4) is 0 Å². The van der Waals surface area contributed by atoms with E-state index in [2.05, 4.69) is 0 Å². The van der Waals surface area contributed by atoms with Crippen LogP contribution >= 0.6 is 0 Å². The van der Waals surface area contributed by atoms with E-state index in [1.54, 1.807) is 31.2 Å². The predicted octanol–water partition coefficient (Wildman–Crippen LogP) is 2.60. The molecular formula is C20H17NO6. The molecular weight excluding hydrogens is 350 g/mol. The SMILES string of the molecule is CCOC(=O)C(C)(Cc1ccc2c(c1)C(=O)c1ccccc1C2=O)[N+](=O)[O-]. The Balaban J connectivity index is 2.01. The maximum atomic E-state index is 12.8. The monoisotopic (exact) mass is 367 g/mol. The van der Waals surface area contributed by atoms with Crippen molar-refractivity contribution in [1.82, 2.24) is 0 Å². The van der Waals surface area contributed by atoms with Crippen LogP contribution in [0.15, 0.2) is 42.5 Å². The summed E-state index contributed by atoms with van der Waals surface area (Å²) in [6.45, 7) is 2.78. The molecule has 0 heterocycles. The topological polar surface area (TPSA) is 104 Å². The maximum absolute atomic E-state index is 12.8. The molecule has 2 aromatic carbocycles.